The second-order valence-electron chi connectivity index (χ2n) is 11.9. The number of allylic oxidation sites excluding steroid dienone is 4. The lowest BCUT2D eigenvalue weighted by atomic mass is 9.42. The molecule has 1 aromatic rings. The van der Waals surface area contributed by atoms with Crippen LogP contribution in [0, 0.1) is 34.0 Å². The van der Waals surface area contributed by atoms with E-state index in [1.165, 1.54) is 12.2 Å². The molecule has 2 heterocycles. The lowest BCUT2D eigenvalue weighted by Gasteiger charge is -2.63. The summed E-state index contributed by atoms with van der Waals surface area (Å²) in [4.78, 5) is 36.4. The van der Waals surface area contributed by atoms with Gasteiger partial charge in [-0.15, -0.1) is 0 Å². The van der Waals surface area contributed by atoms with Crippen LogP contribution in [0.5, 0.6) is 0 Å². The number of fused-ring (bicyclic) bond motifs is 5. The second-order valence-corrected chi connectivity index (χ2v) is 11.9. The Morgan fingerprint density at radius 2 is 1.86 bits per heavy atom. The first-order valence-corrected chi connectivity index (χ1v) is 13.0. The van der Waals surface area contributed by atoms with E-state index in [1.807, 2.05) is 18.7 Å². The van der Waals surface area contributed by atoms with Gasteiger partial charge in [-0.3, -0.25) is 9.59 Å². The molecule has 9 unspecified atom stereocenters. The molecule has 0 bridgehead atoms. The fourth-order valence-corrected chi connectivity index (χ4v) is 8.61. The number of carbonyl (C=O) groups is 2. The summed E-state index contributed by atoms with van der Waals surface area (Å²) in [5.74, 6) is -2.36. The number of carbonyl (C=O) groups excluding carboxylic acids is 2. The van der Waals surface area contributed by atoms with E-state index in [9.17, 15) is 19.8 Å². The molecular formula is C28H35F2N3O4. The maximum absolute atomic E-state index is 17.3. The van der Waals surface area contributed by atoms with Crippen molar-refractivity contribution < 1.29 is 28.6 Å². The molecule has 0 aromatic carbocycles. The van der Waals surface area contributed by atoms with Gasteiger partial charge in [-0.05, 0) is 60.3 Å². The first-order valence-electron chi connectivity index (χ1n) is 13.0. The molecule has 200 valence electrons. The number of anilines is 1. The third-order valence-electron chi connectivity index (χ3n) is 10.6. The summed E-state index contributed by atoms with van der Waals surface area (Å²) in [5, 5.41) is 21.7. The Morgan fingerprint density at radius 1 is 1.19 bits per heavy atom. The molecule has 1 aliphatic heterocycles. The molecule has 2 saturated carbocycles. The fraction of sp³-hybridized carbons (Fsp3) is 0.643. The summed E-state index contributed by atoms with van der Waals surface area (Å²) in [7, 11) is 0. The monoisotopic (exact) mass is 515 g/mol. The van der Waals surface area contributed by atoms with E-state index in [0.29, 0.717) is 18.9 Å². The summed E-state index contributed by atoms with van der Waals surface area (Å²) in [5.41, 5.74) is -5.11. The van der Waals surface area contributed by atoms with Crippen molar-refractivity contribution in [2.75, 3.05) is 24.6 Å². The van der Waals surface area contributed by atoms with Crippen LogP contribution in [0.25, 0.3) is 0 Å². The van der Waals surface area contributed by atoms with Gasteiger partial charge in [-0.1, -0.05) is 26.8 Å². The highest BCUT2D eigenvalue weighted by atomic mass is 19.1. The molecule has 0 spiro atoms. The van der Waals surface area contributed by atoms with Crippen LogP contribution in [0.1, 0.15) is 40.0 Å². The van der Waals surface area contributed by atoms with E-state index in [0.717, 1.165) is 12.2 Å². The quantitative estimate of drug-likeness (QED) is 0.638. The molecule has 0 amide bonds. The summed E-state index contributed by atoms with van der Waals surface area (Å²) < 4.78 is 32.6. The van der Waals surface area contributed by atoms with Crippen molar-refractivity contribution in [3.05, 3.63) is 42.8 Å². The van der Waals surface area contributed by atoms with E-state index >= 15 is 8.78 Å². The zero-order valence-electron chi connectivity index (χ0n) is 21.5. The number of halogens is 2. The van der Waals surface area contributed by atoms with Crippen molar-refractivity contribution >= 4 is 17.5 Å². The van der Waals surface area contributed by atoms with Crippen molar-refractivity contribution in [3.8, 4) is 0 Å². The third kappa shape index (κ3) is 3.42. The highest BCUT2D eigenvalue weighted by Crippen LogP contribution is 2.77. The van der Waals surface area contributed by atoms with E-state index < -0.39 is 58.4 Å². The molecule has 2 N–H and O–H groups in total. The summed E-state index contributed by atoms with van der Waals surface area (Å²) in [6.45, 7) is 5.44. The number of hydrogen-bond donors (Lipinski definition) is 2. The molecule has 1 aromatic heterocycles. The molecule has 9 heteroatoms. The second kappa shape index (κ2) is 8.76. The topological polar surface area (TPSA) is 104 Å². The van der Waals surface area contributed by atoms with Gasteiger partial charge >= 0.3 is 0 Å². The van der Waals surface area contributed by atoms with E-state index in [1.54, 1.807) is 25.4 Å². The first-order chi connectivity index (χ1) is 17.4. The van der Waals surface area contributed by atoms with Crippen LogP contribution in [0.3, 0.4) is 0 Å². The molecule has 5 rings (SSSR count). The Hall–Kier alpha value is -2.52. The zero-order valence-corrected chi connectivity index (χ0v) is 21.5. The Morgan fingerprint density at radius 3 is 2.54 bits per heavy atom. The number of Topliss-reactive ketones (excluding diaryl/α,β-unsaturated/α-hetero) is 1. The zero-order chi connectivity index (χ0) is 26.8. The molecule has 7 nitrogen and oxygen atoms in total. The molecule has 9 atom stereocenters. The van der Waals surface area contributed by atoms with Gasteiger partial charge in [0.15, 0.2) is 11.6 Å². The molecule has 3 aliphatic carbocycles. The van der Waals surface area contributed by atoms with Gasteiger partial charge in [0.05, 0.1) is 11.5 Å². The molecule has 4 aliphatic rings. The van der Waals surface area contributed by atoms with Gasteiger partial charge in [-0.25, -0.2) is 18.7 Å². The van der Waals surface area contributed by atoms with Crippen LogP contribution >= 0.6 is 0 Å². The van der Waals surface area contributed by atoms with Crippen LogP contribution in [0.2, 0.25) is 0 Å². The van der Waals surface area contributed by atoms with Crippen LogP contribution in [-0.2, 0) is 9.59 Å². The van der Waals surface area contributed by atoms with Gasteiger partial charge in [0.2, 0.25) is 5.95 Å². The summed E-state index contributed by atoms with van der Waals surface area (Å²) >= 11 is 0. The van der Waals surface area contributed by atoms with Gasteiger partial charge < -0.3 is 15.1 Å². The minimum Gasteiger partial charge on any atom is -0.390 e. The Kier molecular flexibility index (Phi) is 6.18. The smallest absolute Gasteiger partial charge is 0.225 e. The molecule has 3 fully saturated rings. The van der Waals surface area contributed by atoms with Gasteiger partial charge in [-0.2, -0.15) is 0 Å². The number of rotatable bonds is 3. The summed E-state index contributed by atoms with van der Waals surface area (Å²) in [6.07, 6.45) is 5.36. The van der Waals surface area contributed by atoms with Crippen molar-refractivity contribution in [2.45, 2.75) is 58.0 Å². The molecular weight excluding hydrogens is 480 g/mol. The Labute approximate surface area is 215 Å². The number of aliphatic hydroxyl groups excluding tert-OH is 2. The van der Waals surface area contributed by atoms with Gasteiger partial charge in [0, 0.05) is 37.3 Å². The molecule has 37 heavy (non-hydrogen) atoms. The molecule has 1 saturated heterocycles. The normalized spacial score (nSPS) is 45.3. The average Bonchev–Trinajstić information content (AvgIpc) is 3.35. The minimum absolute atomic E-state index is 0.0266. The number of alkyl halides is 2. The highest BCUT2D eigenvalue weighted by molar-refractivity contribution is 5.99. The number of aromatic nitrogens is 2. The number of nitrogens with zero attached hydrogens (tertiary/aromatic N) is 3. The number of aliphatic hydroxyl groups is 2. The van der Waals surface area contributed by atoms with Crippen LogP contribution < -0.4 is 4.90 Å². The predicted molar refractivity (Wildman–Crippen MR) is 133 cm³/mol. The minimum atomic E-state index is -2.20. The highest BCUT2D eigenvalue weighted by Gasteiger charge is 2.79. The van der Waals surface area contributed by atoms with E-state index in [2.05, 4.69) is 9.97 Å². The molecule has 0 radical (unpaired) electrons. The van der Waals surface area contributed by atoms with Crippen molar-refractivity contribution in [1.82, 2.24) is 9.97 Å². The lowest BCUT2D eigenvalue weighted by Crippen LogP contribution is -2.68. The van der Waals surface area contributed by atoms with Crippen molar-refractivity contribution in [2.24, 2.45) is 34.0 Å². The largest absolute Gasteiger partial charge is 0.390 e. The maximum Gasteiger partial charge on any atom is 0.225 e. The predicted octanol–water partition coefficient (Wildman–Crippen LogP) is 3.03. The van der Waals surface area contributed by atoms with Gasteiger partial charge in [0.25, 0.3) is 0 Å². The fourth-order valence-electron chi connectivity index (χ4n) is 8.61. The SMILES string of the molecule is CC1C=CC(=O)C=CC(F)CC2C1(F)C(O)CC1(C)C2(C)CC2CN(c3ncccn3)CC21C(=O)CO. The van der Waals surface area contributed by atoms with E-state index in [4.69, 9.17) is 0 Å². The standard InChI is InChI=1S/C28H35F2N3O4/c1-17-5-7-20(35)8-6-19(29)11-21-25(2)12-18-14-33(24-31-9-4-10-32-24)16-27(18,23(37)15-34)26(25,3)13-22(36)28(17,21)30/h4-10,17-19,21-22,34,36H,11-16H2,1-3H3. The maximum atomic E-state index is 17.3. The first kappa shape index (κ1) is 26.1. The van der Waals surface area contributed by atoms with Crippen LogP contribution in [0.4, 0.5) is 14.7 Å². The number of ketones is 2. The Balaban J connectivity index is 1.65. The third-order valence-corrected chi connectivity index (χ3v) is 10.6. The van der Waals surface area contributed by atoms with E-state index in [-0.39, 0.29) is 31.1 Å². The number of hydrogen-bond acceptors (Lipinski definition) is 7. The average molecular weight is 516 g/mol. The van der Waals surface area contributed by atoms with Crippen LogP contribution in [-0.4, -0.2) is 69.4 Å². The van der Waals surface area contributed by atoms with Crippen molar-refractivity contribution in [3.63, 3.8) is 0 Å². The Bertz CT molecular complexity index is 1150. The van der Waals surface area contributed by atoms with Gasteiger partial charge in [0.1, 0.15) is 18.4 Å². The summed E-state index contributed by atoms with van der Waals surface area (Å²) in [6, 6.07) is 1.70. The lowest BCUT2D eigenvalue weighted by molar-refractivity contribution is -0.217. The van der Waals surface area contributed by atoms with Crippen LogP contribution in [0.15, 0.2) is 42.8 Å². The van der Waals surface area contributed by atoms with Crippen molar-refractivity contribution in [1.29, 1.82) is 0 Å².